The summed E-state index contributed by atoms with van der Waals surface area (Å²) >= 11 is 0. The van der Waals surface area contributed by atoms with Gasteiger partial charge in [0.15, 0.2) is 0 Å². The second-order valence-electron chi connectivity index (χ2n) is 7.78. The molecule has 0 unspecified atom stereocenters. The summed E-state index contributed by atoms with van der Waals surface area (Å²) in [7, 11) is 3.47. The Morgan fingerprint density at radius 3 is 2.70 bits per heavy atom. The van der Waals surface area contributed by atoms with Crippen molar-refractivity contribution in [2.75, 3.05) is 27.2 Å². The first-order valence-corrected chi connectivity index (χ1v) is 9.43. The fourth-order valence-corrected chi connectivity index (χ4v) is 3.87. The molecule has 6 nitrogen and oxygen atoms in total. The average Bonchev–Trinajstić information content (AvgIpc) is 3.07. The van der Waals surface area contributed by atoms with E-state index in [0.717, 1.165) is 35.0 Å². The second-order valence-corrected chi connectivity index (χ2v) is 7.78. The van der Waals surface area contributed by atoms with Crippen LogP contribution in [0.2, 0.25) is 0 Å². The Kier molecular flexibility index (Phi) is 4.52. The second kappa shape index (κ2) is 6.85. The van der Waals surface area contributed by atoms with Crippen LogP contribution in [0.25, 0.3) is 16.5 Å². The number of carbonyl (C=O) groups excluding carboxylic acids is 2. The number of hydrogen-bond acceptors (Lipinski definition) is 3. The highest BCUT2D eigenvalue weighted by Crippen LogP contribution is 2.31. The maximum atomic E-state index is 12.6. The number of aliphatic hydroxyl groups excluding tert-OH is 1. The quantitative estimate of drug-likeness (QED) is 0.874. The summed E-state index contributed by atoms with van der Waals surface area (Å²) in [6.07, 6.45) is 3.89. The van der Waals surface area contributed by atoms with Crippen molar-refractivity contribution in [3.63, 3.8) is 0 Å². The third-order valence-electron chi connectivity index (χ3n) is 5.55. The lowest BCUT2D eigenvalue weighted by Gasteiger charge is -2.36. The number of fused-ring (bicyclic) bond motifs is 1. The number of H-pyrrole nitrogens is 1. The normalized spacial score (nSPS) is 22.3. The third kappa shape index (κ3) is 3.37. The van der Waals surface area contributed by atoms with Gasteiger partial charge in [-0.15, -0.1) is 0 Å². The van der Waals surface area contributed by atoms with Gasteiger partial charge >= 0.3 is 0 Å². The standard InChI is InChI=1S/C21H25N3O3/c1-23(2)21(27)19-11-14-6-5-13(10-18(14)22-19)15-4-3-7-24(12-15)20(26)16-8-17(25)9-16/h4-6,10-11,16-17,22,25H,3,7-9,12H2,1-2H3. The maximum absolute atomic E-state index is 12.6. The number of amides is 2. The van der Waals surface area contributed by atoms with Gasteiger partial charge in [-0.3, -0.25) is 9.59 Å². The van der Waals surface area contributed by atoms with Crippen molar-refractivity contribution in [2.24, 2.45) is 5.92 Å². The number of hydrogen-bond donors (Lipinski definition) is 2. The summed E-state index contributed by atoms with van der Waals surface area (Å²) in [5.74, 6) is 0.0830. The molecule has 0 spiro atoms. The fraction of sp³-hybridized carbons (Fsp3) is 0.429. The van der Waals surface area contributed by atoms with Crippen LogP contribution in [0.1, 0.15) is 35.3 Å². The van der Waals surface area contributed by atoms with Crippen molar-refractivity contribution in [3.8, 4) is 0 Å². The van der Waals surface area contributed by atoms with Crippen molar-refractivity contribution >= 4 is 28.3 Å². The Morgan fingerprint density at radius 2 is 2.00 bits per heavy atom. The van der Waals surface area contributed by atoms with Gasteiger partial charge in [-0.2, -0.15) is 0 Å². The monoisotopic (exact) mass is 367 g/mol. The molecule has 6 heteroatoms. The molecule has 1 saturated carbocycles. The SMILES string of the molecule is CN(C)C(=O)c1cc2ccc(C3=CCCN(C(=O)C4CC(O)C4)C3)cc2[nH]1. The highest BCUT2D eigenvalue weighted by Gasteiger charge is 2.36. The van der Waals surface area contributed by atoms with Gasteiger partial charge in [-0.1, -0.05) is 18.2 Å². The van der Waals surface area contributed by atoms with Crippen LogP contribution in [0.4, 0.5) is 0 Å². The highest BCUT2D eigenvalue weighted by molar-refractivity contribution is 5.98. The van der Waals surface area contributed by atoms with E-state index in [2.05, 4.69) is 17.1 Å². The highest BCUT2D eigenvalue weighted by atomic mass is 16.3. The van der Waals surface area contributed by atoms with E-state index in [0.29, 0.717) is 25.1 Å². The number of aliphatic hydroxyl groups is 1. The lowest BCUT2D eigenvalue weighted by atomic mass is 9.81. The zero-order valence-electron chi connectivity index (χ0n) is 15.7. The summed E-state index contributed by atoms with van der Waals surface area (Å²) in [4.78, 5) is 31.4. The summed E-state index contributed by atoms with van der Waals surface area (Å²) in [6, 6.07) is 7.98. The van der Waals surface area contributed by atoms with Gasteiger partial charge in [0.2, 0.25) is 5.91 Å². The Balaban J connectivity index is 1.54. The molecular weight excluding hydrogens is 342 g/mol. The lowest BCUT2D eigenvalue weighted by Crippen LogP contribution is -2.45. The fourth-order valence-electron chi connectivity index (χ4n) is 3.87. The van der Waals surface area contributed by atoms with Crippen LogP contribution < -0.4 is 0 Å². The predicted molar refractivity (Wildman–Crippen MR) is 104 cm³/mol. The van der Waals surface area contributed by atoms with Gasteiger partial charge < -0.3 is 19.9 Å². The smallest absolute Gasteiger partial charge is 0.269 e. The number of rotatable bonds is 3. The first kappa shape index (κ1) is 17.8. The van der Waals surface area contributed by atoms with Crippen molar-refractivity contribution in [2.45, 2.75) is 25.4 Å². The van der Waals surface area contributed by atoms with Crippen LogP contribution in [0.15, 0.2) is 30.3 Å². The molecule has 0 radical (unpaired) electrons. The minimum atomic E-state index is -0.312. The van der Waals surface area contributed by atoms with Crippen molar-refractivity contribution in [1.82, 2.24) is 14.8 Å². The third-order valence-corrected chi connectivity index (χ3v) is 5.55. The Hall–Kier alpha value is -2.60. The molecule has 0 bridgehead atoms. The zero-order valence-corrected chi connectivity index (χ0v) is 15.7. The number of benzene rings is 1. The molecule has 1 aliphatic carbocycles. The first-order valence-electron chi connectivity index (χ1n) is 9.43. The van der Waals surface area contributed by atoms with E-state index in [1.807, 2.05) is 23.1 Å². The molecule has 4 rings (SSSR count). The van der Waals surface area contributed by atoms with Crippen LogP contribution in [-0.2, 0) is 4.79 Å². The van der Waals surface area contributed by atoms with Gasteiger partial charge in [0, 0.05) is 44.0 Å². The van der Waals surface area contributed by atoms with E-state index in [1.165, 1.54) is 0 Å². The minimum absolute atomic E-state index is 0.0233. The van der Waals surface area contributed by atoms with Crippen LogP contribution in [0.5, 0.6) is 0 Å². The van der Waals surface area contributed by atoms with E-state index >= 15 is 0 Å². The van der Waals surface area contributed by atoms with E-state index < -0.39 is 0 Å². The van der Waals surface area contributed by atoms with Crippen LogP contribution in [0.3, 0.4) is 0 Å². The number of nitrogens with zero attached hydrogens (tertiary/aromatic N) is 2. The first-order chi connectivity index (χ1) is 12.9. The maximum Gasteiger partial charge on any atom is 0.269 e. The van der Waals surface area contributed by atoms with Gasteiger partial charge in [0.25, 0.3) is 5.91 Å². The van der Waals surface area contributed by atoms with Gasteiger partial charge in [-0.05, 0) is 42.5 Å². The van der Waals surface area contributed by atoms with Crippen LogP contribution >= 0.6 is 0 Å². The number of aromatic amines is 1. The van der Waals surface area contributed by atoms with E-state index in [-0.39, 0.29) is 23.8 Å². The van der Waals surface area contributed by atoms with Crippen molar-refractivity contribution < 1.29 is 14.7 Å². The van der Waals surface area contributed by atoms with Crippen LogP contribution in [-0.4, -0.2) is 65.0 Å². The molecule has 1 aliphatic heterocycles. The topological polar surface area (TPSA) is 76.6 Å². The molecule has 1 aromatic heterocycles. The number of aromatic nitrogens is 1. The summed E-state index contributed by atoms with van der Waals surface area (Å²) < 4.78 is 0. The van der Waals surface area contributed by atoms with Gasteiger partial charge in [0.05, 0.1) is 6.10 Å². The van der Waals surface area contributed by atoms with E-state index in [9.17, 15) is 14.7 Å². The number of nitrogens with one attached hydrogen (secondary N) is 1. The molecule has 1 aromatic carbocycles. The molecule has 0 saturated heterocycles. The number of carbonyl (C=O) groups is 2. The molecule has 2 N–H and O–H groups in total. The molecular formula is C21H25N3O3. The Morgan fingerprint density at radius 1 is 1.22 bits per heavy atom. The van der Waals surface area contributed by atoms with Gasteiger partial charge in [-0.25, -0.2) is 0 Å². The van der Waals surface area contributed by atoms with Gasteiger partial charge in [0.1, 0.15) is 5.69 Å². The lowest BCUT2D eigenvalue weighted by molar-refractivity contribution is -0.141. The molecule has 0 atom stereocenters. The summed E-state index contributed by atoms with van der Waals surface area (Å²) in [6.45, 7) is 1.34. The Labute approximate surface area is 158 Å². The predicted octanol–water partition coefficient (Wildman–Crippen LogP) is 2.26. The molecule has 142 valence electrons. The molecule has 2 amide bonds. The van der Waals surface area contributed by atoms with E-state index in [4.69, 9.17) is 0 Å². The van der Waals surface area contributed by atoms with Crippen molar-refractivity contribution in [3.05, 3.63) is 41.6 Å². The van der Waals surface area contributed by atoms with E-state index in [1.54, 1.807) is 19.0 Å². The average molecular weight is 367 g/mol. The molecule has 2 aromatic rings. The molecule has 1 fully saturated rings. The Bertz CT molecular complexity index is 922. The summed E-state index contributed by atoms with van der Waals surface area (Å²) in [5, 5.41) is 10.5. The van der Waals surface area contributed by atoms with Crippen LogP contribution in [0, 0.1) is 5.92 Å². The zero-order chi connectivity index (χ0) is 19.1. The minimum Gasteiger partial charge on any atom is -0.393 e. The van der Waals surface area contributed by atoms with Crippen molar-refractivity contribution in [1.29, 1.82) is 0 Å². The largest absolute Gasteiger partial charge is 0.393 e. The molecule has 2 aliphatic rings. The molecule has 27 heavy (non-hydrogen) atoms. The molecule has 2 heterocycles. The summed E-state index contributed by atoms with van der Waals surface area (Å²) in [5.41, 5.74) is 3.69.